The van der Waals surface area contributed by atoms with E-state index in [1.54, 1.807) is 18.2 Å². The first-order valence-corrected chi connectivity index (χ1v) is 7.35. The number of rotatable bonds is 5. The van der Waals surface area contributed by atoms with E-state index >= 15 is 0 Å². The Hall–Kier alpha value is -1.46. The number of benzene rings is 2. The average molecular weight is 357 g/mol. The monoisotopic (exact) mass is 356 g/mol. The van der Waals surface area contributed by atoms with Gasteiger partial charge in [0, 0.05) is 12.0 Å². The van der Waals surface area contributed by atoms with Gasteiger partial charge in [0.05, 0.1) is 17.2 Å². The summed E-state index contributed by atoms with van der Waals surface area (Å²) in [5.74, 6) is -0.649. The van der Waals surface area contributed by atoms with E-state index in [0.717, 1.165) is 0 Å². The molecule has 0 bridgehead atoms. The molecule has 5 heteroatoms. The van der Waals surface area contributed by atoms with Crippen LogP contribution in [0.2, 0.25) is 0 Å². The highest BCUT2D eigenvalue weighted by Crippen LogP contribution is 2.30. The van der Waals surface area contributed by atoms with Crippen molar-refractivity contribution in [3.63, 3.8) is 0 Å². The summed E-state index contributed by atoms with van der Waals surface area (Å²) in [5.41, 5.74) is 0.447. The van der Waals surface area contributed by atoms with Crippen LogP contribution in [0.15, 0.2) is 40.9 Å². The van der Waals surface area contributed by atoms with Crippen LogP contribution in [-0.2, 0) is 6.42 Å². The predicted molar refractivity (Wildman–Crippen MR) is 80.3 cm³/mol. The molecule has 0 aliphatic rings. The summed E-state index contributed by atoms with van der Waals surface area (Å²) in [6.45, 7) is 2.40. The van der Waals surface area contributed by atoms with Crippen LogP contribution in [0, 0.1) is 11.6 Å². The summed E-state index contributed by atoms with van der Waals surface area (Å²) in [5, 5.41) is 10.2. The molecule has 1 unspecified atom stereocenters. The maximum atomic E-state index is 13.6. The fourth-order valence-electron chi connectivity index (χ4n) is 2.04. The van der Waals surface area contributed by atoms with Crippen molar-refractivity contribution in [1.82, 2.24) is 0 Å². The van der Waals surface area contributed by atoms with E-state index in [1.165, 1.54) is 18.2 Å². The van der Waals surface area contributed by atoms with Gasteiger partial charge >= 0.3 is 0 Å². The minimum atomic E-state index is -0.997. The van der Waals surface area contributed by atoms with Crippen LogP contribution >= 0.6 is 15.9 Å². The molecule has 2 rings (SSSR count). The second-order valence-corrected chi connectivity index (χ2v) is 5.40. The van der Waals surface area contributed by atoms with Crippen LogP contribution in [0.5, 0.6) is 5.75 Å². The quantitative estimate of drug-likeness (QED) is 0.860. The first-order chi connectivity index (χ1) is 10.0. The van der Waals surface area contributed by atoms with Gasteiger partial charge in [-0.05, 0) is 52.7 Å². The SMILES string of the molecule is CCOc1ccc(C(O)Cc2c(F)cccc2F)cc1Br. The van der Waals surface area contributed by atoms with Gasteiger partial charge in [-0.25, -0.2) is 8.78 Å². The smallest absolute Gasteiger partial charge is 0.133 e. The topological polar surface area (TPSA) is 29.5 Å². The summed E-state index contributed by atoms with van der Waals surface area (Å²) < 4.78 is 33.2. The summed E-state index contributed by atoms with van der Waals surface area (Å²) >= 11 is 3.35. The lowest BCUT2D eigenvalue weighted by atomic mass is 10.0. The van der Waals surface area contributed by atoms with Crippen molar-refractivity contribution >= 4 is 15.9 Å². The van der Waals surface area contributed by atoms with Crippen LogP contribution in [0.25, 0.3) is 0 Å². The fourth-order valence-corrected chi connectivity index (χ4v) is 2.55. The third kappa shape index (κ3) is 3.80. The lowest BCUT2D eigenvalue weighted by Crippen LogP contribution is -2.06. The molecule has 0 amide bonds. The Labute approximate surface area is 130 Å². The Morgan fingerprint density at radius 1 is 1.19 bits per heavy atom. The number of ether oxygens (including phenoxy) is 1. The minimum Gasteiger partial charge on any atom is -0.493 e. The number of hydrogen-bond acceptors (Lipinski definition) is 2. The Balaban J connectivity index is 2.20. The van der Waals surface area contributed by atoms with Crippen molar-refractivity contribution < 1.29 is 18.6 Å². The standard InChI is InChI=1S/C16H15BrF2O2/c1-2-21-16-7-6-10(8-12(16)17)15(20)9-11-13(18)4-3-5-14(11)19/h3-8,15,20H,2,9H2,1H3. The summed E-state index contributed by atoms with van der Waals surface area (Å²) in [7, 11) is 0. The number of hydrogen-bond donors (Lipinski definition) is 1. The van der Waals surface area contributed by atoms with Gasteiger partial charge in [0.2, 0.25) is 0 Å². The Bertz CT molecular complexity index is 611. The molecule has 0 spiro atoms. The number of halogens is 3. The van der Waals surface area contributed by atoms with Crippen molar-refractivity contribution in [2.45, 2.75) is 19.4 Å². The van der Waals surface area contributed by atoms with Gasteiger partial charge in [0.15, 0.2) is 0 Å². The summed E-state index contributed by atoms with van der Waals surface area (Å²) in [6.07, 6.45) is -1.12. The molecule has 1 N–H and O–H groups in total. The van der Waals surface area contributed by atoms with Crippen molar-refractivity contribution in [1.29, 1.82) is 0 Å². The van der Waals surface area contributed by atoms with Crippen LogP contribution in [0.4, 0.5) is 8.78 Å². The van der Waals surface area contributed by atoms with E-state index < -0.39 is 17.7 Å². The maximum absolute atomic E-state index is 13.6. The van der Waals surface area contributed by atoms with Crippen LogP contribution in [-0.4, -0.2) is 11.7 Å². The average Bonchev–Trinajstić information content (AvgIpc) is 2.45. The molecular formula is C16H15BrF2O2. The molecule has 0 radical (unpaired) electrons. The molecule has 2 aromatic carbocycles. The van der Waals surface area contributed by atoms with Gasteiger partial charge in [-0.3, -0.25) is 0 Å². The van der Waals surface area contributed by atoms with Crippen molar-refractivity contribution in [2.24, 2.45) is 0 Å². The molecule has 0 aromatic heterocycles. The van der Waals surface area contributed by atoms with E-state index in [-0.39, 0.29) is 12.0 Å². The normalized spacial score (nSPS) is 12.2. The molecule has 0 aliphatic carbocycles. The highest BCUT2D eigenvalue weighted by atomic mass is 79.9. The zero-order valence-corrected chi connectivity index (χ0v) is 13.0. The summed E-state index contributed by atoms with van der Waals surface area (Å²) in [4.78, 5) is 0. The second-order valence-electron chi connectivity index (χ2n) is 4.54. The second kappa shape index (κ2) is 7.00. The molecule has 0 saturated carbocycles. The third-order valence-electron chi connectivity index (χ3n) is 3.10. The molecule has 0 saturated heterocycles. The molecule has 112 valence electrons. The van der Waals surface area contributed by atoms with Crippen LogP contribution < -0.4 is 4.74 Å². The van der Waals surface area contributed by atoms with Crippen molar-refractivity contribution in [3.05, 3.63) is 63.6 Å². The molecule has 2 nitrogen and oxygen atoms in total. The molecule has 0 aliphatic heterocycles. The van der Waals surface area contributed by atoms with Gasteiger partial charge in [0.1, 0.15) is 17.4 Å². The van der Waals surface area contributed by atoms with Crippen molar-refractivity contribution in [2.75, 3.05) is 6.61 Å². The van der Waals surface area contributed by atoms with Crippen LogP contribution in [0.1, 0.15) is 24.2 Å². The van der Waals surface area contributed by atoms with Crippen LogP contribution in [0.3, 0.4) is 0 Å². The minimum absolute atomic E-state index is 0.116. The highest BCUT2D eigenvalue weighted by molar-refractivity contribution is 9.10. The first-order valence-electron chi connectivity index (χ1n) is 6.56. The molecular weight excluding hydrogens is 342 g/mol. The van der Waals surface area contributed by atoms with E-state index in [0.29, 0.717) is 22.4 Å². The highest BCUT2D eigenvalue weighted by Gasteiger charge is 2.16. The Morgan fingerprint density at radius 3 is 2.43 bits per heavy atom. The molecule has 2 aromatic rings. The Morgan fingerprint density at radius 2 is 1.86 bits per heavy atom. The lowest BCUT2D eigenvalue weighted by molar-refractivity contribution is 0.175. The maximum Gasteiger partial charge on any atom is 0.133 e. The van der Waals surface area contributed by atoms with Gasteiger partial charge < -0.3 is 9.84 Å². The third-order valence-corrected chi connectivity index (χ3v) is 3.72. The van der Waals surface area contributed by atoms with Gasteiger partial charge in [-0.15, -0.1) is 0 Å². The zero-order chi connectivity index (χ0) is 15.4. The molecule has 1 atom stereocenters. The van der Waals surface area contributed by atoms with E-state index in [4.69, 9.17) is 4.74 Å². The van der Waals surface area contributed by atoms with Crippen molar-refractivity contribution in [3.8, 4) is 5.75 Å². The van der Waals surface area contributed by atoms with Gasteiger partial charge in [-0.2, -0.15) is 0 Å². The predicted octanol–water partition coefficient (Wildman–Crippen LogP) is 4.40. The van der Waals surface area contributed by atoms with E-state index in [2.05, 4.69) is 15.9 Å². The van der Waals surface area contributed by atoms with Gasteiger partial charge in [-0.1, -0.05) is 12.1 Å². The Kier molecular flexibility index (Phi) is 5.31. The molecule has 21 heavy (non-hydrogen) atoms. The van der Waals surface area contributed by atoms with E-state index in [1.807, 2.05) is 6.92 Å². The first kappa shape index (κ1) is 15.9. The molecule has 0 heterocycles. The fraction of sp³-hybridized carbons (Fsp3) is 0.250. The van der Waals surface area contributed by atoms with Gasteiger partial charge in [0.25, 0.3) is 0 Å². The molecule has 0 fully saturated rings. The summed E-state index contributed by atoms with van der Waals surface area (Å²) in [6, 6.07) is 8.74. The number of aliphatic hydroxyl groups excluding tert-OH is 1. The van der Waals surface area contributed by atoms with E-state index in [9.17, 15) is 13.9 Å². The number of aliphatic hydroxyl groups is 1. The zero-order valence-electron chi connectivity index (χ0n) is 11.4. The largest absolute Gasteiger partial charge is 0.493 e. The lowest BCUT2D eigenvalue weighted by Gasteiger charge is -2.14.